The van der Waals surface area contributed by atoms with Crippen LogP contribution in [0.4, 0.5) is 0 Å². The van der Waals surface area contributed by atoms with Crippen LogP contribution in [0, 0.1) is 35.5 Å². The quantitative estimate of drug-likeness (QED) is 0.0738. The maximum atomic E-state index is 14.6. The zero-order chi connectivity index (χ0) is 55.5. The predicted molar refractivity (Wildman–Crippen MR) is 290 cm³/mol. The highest BCUT2D eigenvalue weighted by Gasteiger charge is 2.53. The second-order valence-corrected chi connectivity index (χ2v) is 22.4. The van der Waals surface area contributed by atoms with E-state index in [1.54, 1.807) is 34.0 Å². The lowest BCUT2D eigenvalue weighted by Gasteiger charge is -2.43. The van der Waals surface area contributed by atoms with Gasteiger partial charge in [-0.15, -0.1) is 0 Å². The van der Waals surface area contributed by atoms with E-state index in [0.717, 1.165) is 24.0 Å². The number of carbonyl (C=O) groups excluding carboxylic acids is 5. The van der Waals surface area contributed by atoms with Gasteiger partial charge in [0, 0.05) is 64.6 Å². The lowest BCUT2D eigenvalue weighted by atomic mass is 9.78. The number of cyclic esters (lactones) is 1. The fourth-order valence-electron chi connectivity index (χ4n) is 11.5. The third-order valence-electron chi connectivity index (χ3n) is 16.4. The lowest BCUT2D eigenvalue weighted by molar-refractivity contribution is -0.266. The first-order valence-electron chi connectivity index (χ1n) is 28.2. The van der Waals surface area contributed by atoms with Crippen molar-refractivity contribution in [1.29, 1.82) is 0 Å². The van der Waals surface area contributed by atoms with Crippen molar-refractivity contribution in [3.8, 4) is 0 Å². The molecule has 3 unspecified atom stereocenters. The number of Topliss-reactive ketones (excluding diaryl/α,β-unsaturated/α-hetero) is 3. The second kappa shape index (κ2) is 30.8. The van der Waals surface area contributed by atoms with Gasteiger partial charge in [0.2, 0.25) is 5.79 Å². The summed E-state index contributed by atoms with van der Waals surface area (Å²) < 4.78 is 36.8. The van der Waals surface area contributed by atoms with Crippen LogP contribution in [0.5, 0.6) is 0 Å². The summed E-state index contributed by atoms with van der Waals surface area (Å²) in [6.45, 7) is 13.7. The molecule has 0 aromatic heterocycles. The molecule has 424 valence electrons. The van der Waals surface area contributed by atoms with Crippen molar-refractivity contribution in [3.63, 3.8) is 0 Å². The molecule has 2 bridgehead atoms. The number of amides is 1. The number of methoxy groups -OCH3 is 2. The maximum absolute atomic E-state index is 14.6. The first-order chi connectivity index (χ1) is 36.3. The maximum Gasteiger partial charge on any atom is 0.329 e. The van der Waals surface area contributed by atoms with E-state index in [9.17, 15) is 39.3 Å². The SMILES string of the molecule is CO[C@@H]1C[C@H](CC(C)C2CC(=O)[C@H](C)/C=C(\C)[C@@H](O)[C@@H](OC)C(=O)[C@H](C)C[C@H](C)/C=C/C=C/C=C(\C)C(OCCc3ccccc3)C[C@@H]3CC[C@@H](C)[C@@](O)(O3)C(=O)C(=O)N3CCCC[C@H]3C(=O)O2)CC[C@H]1OCCCO. The molecule has 15 atom stereocenters. The molecule has 0 spiro atoms. The molecular weight excluding hydrogens is 971 g/mol. The van der Waals surface area contributed by atoms with Crippen molar-refractivity contribution in [2.24, 2.45) is 35.5 Å². The number of ether oxygens (including phenoxy) is 6. The minimum atomic E-state index is -2.46. The van der Waals surface area contributed by atoms with Gasteiger partial charge in [-0.25, -0.2) is 4.79 Å². The average Bonchev–Trinajstić information content (AvgIpc) is 3.41. The van der Waals surface area contributed by atoms with E-state index >= 15 is 0 Å². The van der Waals surface area contributed by atoms with Gasteiger partial charge in [0.05, 0.1) is 31.0 Å². The summed E-state index contributed by atoms with van der Waals surface area (Å²) in [7, 11) is 3.04. The van der Waals surface area contributed by atoms with E-state index < -0.39 is 77.8 Å². The Balaban J connectivity index is 1.47. The van der Waals surface area contributed by atoms with Crippen LogP contribution in [-0.2, 0) is 58.8 Å². The summed E-state index contributed by atoms with van der Waals surface area (Å²) in [5.41, 5.74) is 2.39. The molecule has 2 saturated heterocycles. The van der Waals surface area contributed by atoms with Crippen LogP contribution in [0.3, 0.4) is 0 Å². The Bertz CT molecular complexity index is 2160. The molecule has 3 N–H and O–H groups in total. The molecule has 4 aliphatic rings. The Labute approximate surface area is 452 Å². The molecule has 5 rings (SSSR count). The van der Waals surface area contributed by atoms with Gasteiger partial charge in [0.1, 0.15) is 30.1 Å². The van der Waals surface area contributed by atoms with Crippen molar-refractivity contribution >= 4 is 29.2 Å². The molecule has 3 heterocycles. The number of fused-ring (bicyclic) bond motifs is 3. The van der Waals surface area contributed by atoms with Gasteiger partial charge in [-0.3, -0.25) is 19.2 Å². The number of rotatable bonds is 13. The molecule has 1 amide bonds. The molecule has 1 aliphatic carbocycles. The van der Waals surface area contributed by atoms with Crippen molar-refractivity contribution in [2.75, 3.05) is 40.6 Å². The number of allylic oxidation sites excluding steroid dienone is 6. The van der Waals surface area contributed by atoms with Crippen molar-refractivity contribution in [2.45, 2.75) is 193 Å². The van der Waals surface area contributed by atoms with Gasteiger partial charge in [-0.05, 0) is 125 Å². The van der Waals surface area contributed by atoms with Gasteiger partial charge in [0.25, 0.3) is 11.7 Å². The number of aliphatic hydroxyl groups is 3. The minimum absolute atomic E-state index is 0.0000723. The van der Waals surface area contributed by atoms with E-state index in [2.05, 4.69) is 0 Å². The zero-order valence-corrected chi connectivity index (χ0v) is 46.9. The highest BCUT2D eigenvalue weighted by Crippen LogP contribution is 2.38. The molecule has 15 nitrogen and oxygen atoms in total. The third-order valence-corrected chi connectivity index (χ3v) is 16.4. The monoisotopic (exact) mass is 1060 g/mol. The van der Waals surface area contributed by atoms with E-state index in [1.165, 1.54) is 12.0 Å². The van der Waals surface area contributed by atoms with Crippen LogP contribution in [-0.4, -0.2) is 145 Å². The summed E-state index contributed by atoms with van der Waals surface area (Å²) >= 11 is 0. The number of hydrogen-bond acceptors (Lipinski definition) is 14. The van der Waals surface area contributed by atoms with Gasteiger partial charge < -0.3 is 48.6 Å². The molecule has 1 aromatic carbocycles. The van der Waals surface area contributed by atoms with Gasteiger partial charge in [-0.1, -0.05) is 101 Å². The van der Waals surface area contributed by atoms with Gasteiger partial charge >= 0.3 is 5.97 Å². The number of nitrogens with zero attached hydrogens (tertiary/aromatic N) is 1. The molecule has 3 fully saturated rings. The van der Waals surface area contributed by atoms with E-state index in [-0.39, 0.29) is 67.5 Å². The molecular formula is C61H91NO14. The van der Waals surface area contributed by atoms with Crippen LogP contribution in [0.15, 0.2) is 77.9 Å². The summed E-state index contributed by atoms with van der Waals surface area (Å²) in [5.74, 6) is -8.04. The number of esters is 1. The molecule has 76 heavy (non-hydrogen) atoms. The van der Waals surface area contributed by atoms with Gasteiger partial charge in [0.15, 0.2) is 5.78 Å². The number of piperidine rings is 1. The Hall–Kier alpha value is -4.19. The van der Waals surface area contributed by atoms with Crippen LogP contribution in [0.2, 0.25) is 0 Å². The second-order valence-electron chi connectivity index (χ2n) is 22.4. The van der Waals surface area contributed by atoms with Crippen LogP contribution < -0.4 is 0 Å². The normalized spacial score (nSPS) is 36.2. The number of carbonyl (C=O) groups is 5. The number of aliphatic hydroxyl groups excluding tert-OH is 2. The molecule has 1 aromatic rings. The Morgan fingerprint density at radius 1 is 0.829 bits per heavy atom. The molecule has 0 radical (unpaired) electrons. The molecule has 3 aliphatic heterocycles. The van der Waals surface area contributed by atoms with Crippen LogP contribution in [0.1, 0.15) is 138 Å². The predicted octanol–water partition coefficient (Wildman–Crippen LogP) is 8.20. The standard InChI is InChI=1S/C61H91NO14/c1-39-19-12-10-13-20-40(2)52(74-32-28-46-21-14-11-15-22-46)37-48-26-24-45(7)61(70,76-48)58(67)59(68)62-29-17-16-23-49(62)60(69)75-53(42(4)35-47-25-27-51(54(36-47)71-8)73-31-18-30-63)38-50(64)41(3)34-44(6)56(66)57(72-9)55(65)43(5)33-39/h10-15,19-22,34,39,41-43,45,47-49,51-54,56-57,63,66,70H,16-18,23-33,35-38H2,1-9H3/b13-10+,19-12+,40-20+,44-34+/t39-,41-,42?,43-,45-,47+,48+,49+,51-,52?,53?,54-,56-,57+,61-/m1/s1. The van der Waals surface area contributed by atoms with Gasteiger partial charge in [-0.2, -0.15) is 0 Å². The van der Waals surface area contributed by atoms with Crippen molar-refractivity contribution < 1.29 is 67.7 Å². The molecule has 15 heteroatoms. The van der Waals surface area contributed by atoms with Crippen molar-refractivity contribution in [1.82, 2.24) is 4.90 Å². The average molecular weight is 1060 g/mol. The highest BCUT2D eigenvalue weighted by molar-refractivity contribution is 6.39. The fourth-order valence-corrected chi connectivity index (χ4v) is 11.5. The minimum Gasteiger partial charge on any atom is -0.460 e. The highest BCUT2D eigenvalue weighted by atomic mass is 16.6. The largest absolute Gasteiger partial charge is 0.460 e. The van der Waals surface area contributed by atoms with E-state index in [4.69, 9.17) is 28.4 Å². The Morgan fingerprint density at radius 3 is 2.29 bits per heavy atom. The summed E-state index contributed by atoms with van der Waals surface area (Å²) in [6.07, 6.45) is 13.3. The third kappa shape index (κ3) is 17.7. The lowest BCUT2D eigenvalue weighted by Crippen LogP contribution is -2.61. The summed E-state index contributed by atoms with van der Waals surface area (Å²) in [5, 5.41) is 33.1. The number of hydrogen-bond donors (Lipinski definition) is 3. The van der Waals surface area contributed by atoms with Crippen LogP contribution in [0.25, 0.3) is 0 Å². The van der Waals surface area contributed by atoms with Crippen LogP contribution >= 0.6 is 0 Å². The topological polar surface area (TPSA) is 205 Å². The summed E-state index contributed by atoms with van der Waals surface area (Å²) in [6, 6.07) is 8.84. The first kappa shape index (κ1) is 62.7. The first-order valence-corrected chi connectivity index (χ1v) is 28.2. The Morgan fingerprint density at radius 2 is 1.58 bits per heavy atom. The zero-order valence-electron chi connectivity index (χ0n) is 46.9. The fraction of sp³-hybridized carbons (Fsp3) is 0.689. The van der Waals surface area contributed by atoms with E-state index in [0.29, 0.717) is 83.0 Å². The molecule has 1 saturated carbocycles. The number of ketones is 3. The van der Waals surface area contributed by atoms with Crippen molar-refractivity contribution in [3.05, 3.63) is 83.5 Å². The Kier molecular flexibility index (Phi) is 25.4. The smallest absolute Gasteiger partial charge is 0.329 e. The number of benzene rings is 1. The van der Waals surface area contributed by atoms with E-state index in [1.807, 2.05) is 88.4 Å². The summed E-state index contributed by atoms with van der Waals surface area (Å²) in [4.78, 5) is 73.1.